The molecule has 0 spiro atoms. The maximum Gasteiger partial charge on any atom is 0.335 e. The summed E-state index contributed by atoms with van der Waals surface area (Å²) in [5, 5.41) is 4.83. The number of benzene rings is 4. The number of hydrogen-bond donors (Lipinski definition) is 1. The highest BCUT2D eigenvalue weighted by molar-refractivity contribution is 9.10. The third kappa shape index (κ3) is 5.13. The summed E-state index contributed by atoms with van der Waals surface area (Å²) in [6.45, 7) is 1.99. The van der Waals surface area contributed by atoms with Crippen LogP contribution in [0.5, 0.6) is 11.5 Å². The first-order valence-corrected chi connectivity index (χ1v) is 13.1. The number of imide groups is 2. The number of carbonyl (C=O) groups excluding carboxylic acids is 3. The SMILES string of the molecule is COc1cc(/C=C2\C(=O)NC(=O)N(c3cccc(Cl)c3C)C2=O)cc(Br)c1OCc1cccc2ccccc12. The lowest BCUT2D eigenvalue weighted by Gasteiger charge is -2.27. The van der Waals surface area contributed by atoms with Crippen LogP contribution < -0.4 is 19.7 Å². The van der Waals surface area contributed by atoms with Gasteiger partial charge in [-0.1, -0.05) is 60.1 Å². The highest BCUT2D eigenvalue weighted by Gasteiger charge is 2.37. The van der Waals surface area contributed by atoms with Crippen molar-refractivity contribution in [3.63, 3.8) is 0 Å². The van der Waals surface area contributed by atoms with Gasteiger partial charge in [0.05, 0.1) is 17.3 Å². The third-order valence-corrected chi connectivity index (χ3v) is 7.39. The summed E-state index contributed by atoms with van der Waals surface area (Å²) < 4.78 is 12.3. The summed E-state index contributed by atoms with van der Waals surface area (Å²) >= 11 is 9.73. The van der Waals surface area contributed by atoms with Crippen LogP contribution in [0.4, 0.5) is 10.5 Å². The number of nitrogens with one attached hydrogen (secondary N) is 1. The molecule has 1 aliphatic rings. The molecule has 0 radical (unpaired) electrons. The van der Waals surface area contributed by atoms with Gasteiger partial charge in [-0.05, 0) is 80.7 Å². The average Bonchev–Trinajstić information content (AvgIpc) is 2.92. The van der Waals surface area contributed by atoms with Gasteiger partial charge >= 0.3 is 6.03 Å². The van der Waals surface area contributed by atoms with Crippen LogP contribution in [0.1, 0.15) is 16.7 Å². The van der Waals surface area contributed by atoms with Crippen LogP contribution in [0.15, 0.2) is 82.8 Å². The first-order valence-electron chi connectivity index (χ1n) is 11.9. The molecule has 1 saturated heterocycles. The monoisotopic (exact) mass is 604 g/mol. The largest absolute Gasteiger partial charge is 0.493 e. The molecule has 4 amide bonds. The Bertz CT molecular complexity index is 1680. The van der Waals surface area contributed by atoms with Crippen LogP contribution in [0.25, 0.3) is 16.8 Å². The van der Waals surface area contributed by atoms with Gasteiger partial charge in [-0.15, -0.1) is 0 Å². The van der Waals surface area contributed by atoms with Crippen molar-refractivity contribution in [3.05, 3.63) is 105 Å². The average molecular weight is 606 g/mol. The Labute approximate surface area is 238 Å². The van der Waals surface area contributed by atoms with E-state index in [-0.39, 0.29) is 5.57 Å². The van der Waals surface area contributed by atoms with Crippen LogP contribution in [0.3, 0.4) is 0 Å². The summed E-state index contributed by atoms with van der Waals surface area (Å²) in [5.74, 6) is -0.690. The van der Waals surface area contributed by atoms with E-state index in [1.807, 2.05) is 42.5 Å². The fraction of sp³-hybridized carbons (Fsp3) is 0.100. The minimum absolute atomic E-state index is 0.215. The molecule has 0 unspecified atom stereocenters. The Kier molecular flexibility index (Phi) is 7.41. The number of barbiturate groups is 1. The zero-order valence-corrected chi connectivity index (χ0v) is 23.3. The van der Waals surface area contributed by atoms with Crippen LogP contribution >= 0.6 is 27.5 Å². The van der Waals surface area contributed by atoms with Crippen LogP contribution in [-0.2, 0) is 16.2 Å². The zero-order valence-electron chi connectivity index (χ0n) is 21.0. The third-order valence-electron chi connectivity index (χ3n) is 6.40. The predicted molar refractivity (Wildman–Crippen MR) is 154 cm³/mol. The lowest BCUT2D eigenvalue weighted by atomic mass is 10.0. The molecule has 39 heavy (non-hydrogen) atoms. The number of carbonyl (C=O) groups is 3. The number of methoxy groups -OCH3 is 1. The van der Waals surface area contributed by atoms with Crippen molar-refractivity contribution in [2.75, 3.05) is 12.0 Å². The summed E-state index contributed by atoms with van der Waals surface area (Å²) in [6, 6.07) is 21.5. The maximum absolute atomic E-state index is 13.4. The van der Waals surface area contributed by atoms with E-state index in [1.54, 1.807) is 37.3 Å². The fourth-order valence-electron chi connectivity index (χ4n) is 4.41. The molecule has 4 aromatic carbocycles. The van der Waals surface area contributed by atoms with E-state index in [0.717, 1.165) is 21.2 Å². The molecular weight excluding hydrogens is 584 g/mol. The molecule has 0 bridgehead atoms. The quantitative estimate of drug-likeness (QED) is 0.193. The van der Waals surface area contributed by atoms with Gasteiger partial charge in [0.2, 0.25) is 0 Å². The Hall–Kier alpha value is -4.14. The number of anilines is 1. The molecule has 196 valence electrons. The molecule has 7 nitrogen and oxygen atoms in total. The topological polar surface area (TPSA) is 84.9 Å². The normalized spacial score (nSPS) is 14.6. The first-order chi connectivity index (χ1) is 18.8. The van der Waals surface area contributed by atoms with Gasteiger partial charge in [-0.2, -0.15) is 0 Å². The summed E-state index contributed by atoms with van der Waals surface area (Å²) in [7, 11) is 1.50. The van der Waals surface area contributed by atoms with Crippen molar-refractivity contribution >= 4 is 67.9 Å². The van der Waals surface area contributed by atoms with Crippen LogP contribution in [-0.4, -0.2) is 25.0 Å². The number of nitrogens with zero attached hydrogens (tertiary/aromatic N) is 1. The van der Waals surface area contributed by atoms with Crippen molar-refractivity contribution < 1.29 is 23.9 Å². The molecule has 0 saturated carbocycles. The fourth-order valence-corrected chi connectivity index (χ4v) is 5.16. The number of fused-ring (bicyclic) bond motifs is 1. The number of halogens is 2. The Morgan fingerprint density at radius 2 is 1.74 bits per heavy atom. The Balaban J connectivity index is 1.46. The van der Waals surface area contributed by atoms with Crippen molar-refractivity contribution in [3.8, 4) is 11.5 Å². The highest BCUT2D eigenvalue weighted by atomic mass is 79.9. The van der Waals surface area contributed by atoms with E-state index in [4.69, 9.17) is 21.1 Å². The van der Waals surface area contributed by atoms with E-state index < -0.39 is 17.8 Å². The van der Waals surface area contributed by atoms with Gasteiger partial charge < -0.3 is 9.47 Å². The molecule has 0 aromatic heterocycles. The summed E-state index contributed by atoms with van der Waals surface area (Å²) in [6.07, 6.45) is 1.40. The lowest BCUT2D eigenvalue weighted by molar-refractivity contribution is -0.122. The summed E-state index contributed by atoms with van der Waals surface area (Å²) in [5.41, 5.74) is 2.12. The Morgan fingerprint density at radius 1 is 1.00 bits per heavy atom. The van der Waals surface area contributed by atoms with Gasteiger partial charge in [-0.3, -0.25) is 14.9 Å². The van der Waals surface area contributed by atoms with Crippen LogP contribution in [0, 0.1) is 6.92 Å². The summed E-state index contributed by atoms with van der Waals surface area (Å²) in [4.78, 5) is 39.5. The van der Waals surface area contributed by atoms with Crippen molar-refractivity contribution in [1.82, 2.24) is 5.32 Å². The number of rotatable bonds is 6. The minimum Gasteiger partial charge on any atom is -0.493 e. The molecule has 9 heteroatoms. The second kappa shape index (κ2) is 10.9. The first kappa shape index (κ1) is 26.5. The molecular formula is C30H22BrClN2O5. The zero-order chi connectivity index (χ0) is 27.7. The van der Waals surface area contributed by atoms with Crippen molar-refractivity contribution in [1.29, 1.82) is 0 Å². The van der Waals surface area contributed by atoms with E-state index in [0.29, 0.717) is 44.4 Å². The van der Waals surface area contributed by atoms with Gasteiger partial charge in [0.15, 0.2) is 11.5 Å². The molecule has 1 N–H and O–H groups in total. The highest BCUT2D eigenvalue weighted by Crippen LogP contribution is 2.38. The molecule has 0 aliphatic carbocycles. The standard InChI is InChI=1S/C30H22BrClN2O5/c1-17-24(32)11-6-12-25(17)34-29(36)22(28(35)33-30(34)37)13-18-14-23(31)27(26(15-18)38-2)39-16-20-9-5-8-19-7-3-4-10-21(19)20/h3-15H,16H2,1-2H3,(H,33,35,37)/b22-13+. The molecule has 4 aromatic rings. The van der Waals surface area contributed by atoms with E-state index in [1.165, 1.54) is 13.2 Å². The van der Waals surface area contributed by atoms with E-state index in [2.05, 4.69) is 21.2 Å². The van der Waals surface area contributed by atoms with Gasteiger partial charge in [0.1, 0.15) is 12.2 Å². The lowest BCUT2D eigenvalue weighted by Crippen LogP contribution is -2.54. The maximum atomic E-state index is 13.4. The van der Waals surface area contributed by atoms with E-state index in [9.17, 15) is 14.4 Å². The van der Waals surface area contributed by atoms with E-state index >= 15 is 0 Å². The second-order valence-electron chi connectivity index (χ2n) is 8.80. The Morgan fingerprint density at radius 3 is 2.54 bits per heavy atom. The number of ether oxygens (including phenoxy) is 2. The minimum atomic E-state index is -0.844. The number of urea groups is 1. The smallest absolute Gasteiger partial charge is 0.335 e. The van der Waals surface area contributed by atoms with Gasteiger partial charge in [0.25, 0.3) is 11.8 Å². The molecule has 1 heterocycles. The van der Waals surface area contributed by atoms with Crippen molar-refractivity contribution in [2.24, 2.45) is 0 Å². The van der Waals surface area contributed by atoms with Gasteiger partial charge in [-0.25, -0.2) is 9.69 Å². The molecule has 1 fully saturated rings. The van der Waals surface area contributed by atoms with Gasteiger partial charge in [0, 0.05) is 5.02 Å². The molecule has 1 aliphatic heterocycles. The predicted octanol–water partition coefficient (Wildman–Crippen LogP) is 6.82. The molecule has 5 rings (SSSR count). The number of amides is 4. The van der Waals surface area contributed by atoms with Crippen molar-refractivity contribution in [2.45, 2.75) is 13.5 Å². The van der Waals surface area contributed by atoms with Crippen LogP contribution in [0.2, 0.25) is 5.02 Å². The second-order valence-corrected chi connectivity index (χ2v) is 10.1. The molecule has 0 atom stereocenters. The number of hydrogen-bond acceptors (Lipinski definition) is 5.